The zero-order chi connectivity index (χ0) is 24.4. The first kappa shape index (κ1) is 23.0. The molecule has 0 bridgehead atoms. The zero-order valence-corrected chi connectivity index (χ0v) is 19.6. The van der Waals surface area contributed by atoms with Crippen LogP contribution in [0.15, 0.2) is 71.1 Å². The first-order valence-corrected chi connectivity index (χ1v) is 11.8. The molecule has 180 valence electrons. The number of hydrogen-bond donors (Lipinski definition) is 2. The van der Waals surface area contributed by atoms with Crippen LogP contribution >= 0.6 is 11.6 Å². The van der Waals surface area contributed by atoms with Gasteiger partial charge in [0.25, 0.3) is 17.8 Å². The van der Waals surface area contributed by atoms with E-state index in [9.17, 15) is 14.4 Å². The Hall–Kier alpha value is -3.78. The van der Waals surface area contributed by atoms with Crippen molar-refractivity contribution in [3.8, 4) is 11.7 Å². The minimum absolute atomic E-state index is 0.164. The Balaban J connectivity index is 1.27. The number of carbonyl (C=O) groups excluding carboxylic acids is 3. The molecule has 4 amide bonds. The summed E-state index contributed by atoms with van der Waals surface area (Å²) in [6, 6.07) is 19.2. The second kappa shape index (κ2) is 9.46. The van der Waals surface area contributed by atoms with E-state index in [1.807, 2.05) is 36.4 Å². The van der Waals surface area contributed by atoms with Crippen molar-refractivity contribution in [3.05, 3.63) is 83.1 Å². The largest absolute Gasteiger partial charge is 0.426 e. The van der Waals surface area contributed by atoms with Crippen LogP contribution in [-0.4, -0.2) is 41.4 Å². The first-order chi connectivity index (χ1) is 16.9. The third-order valence-electron chi connectivity index (χ3n) is 6.63. The topological polar surface area (TPSA) is 101 Å². The van der Waals surface area contributed by atoms with Crippen LogP contribution in [0.2, 0.25) is 5.02 Å². The third-order valence-corrected chi connectivity index (χ3v) is 7.00. The molecule has 2 aliphatic rings. The summed E-state index contributed by atoms with van der Waals surface area (Å²) in [5.41, 5.74) is -0.329. The summed E-state index contributed by atoms with van der Waals surface area (Å²) < 4.78 is 11.3. The summed E-state index contributed by atoms with van der Waals surface area (Å²) in [7, 11) is 0. The van der Waals surface area contributed by atoms with Crippen molar-refractivity contribution in [2.24, 2.45) is 5.92 Å². The molecule has 5 rings (SSSR count). The molecule has 1 aromatic heterocycles. The van der Waals surface area contributed by atoms with Gasteiger partial charge < -0.3 is 19.4 Å². The SMILES string of the molecule is O=C1NC(=O)[C@@](Cc2ccccc2Cl)(C2CCN(C(=O)c3ccc(Oc4ccccc4)o3)CC2)N1. The monoisotopic (exact) mass is 493 g/mol. The number of carbonyl (C=O) groups is 3. The molecule has 3 heterocycles. The van der Waals surface area contributed by atoms with Crippen LogP contribution in [0, 0.1) is 5.92 Å². The maximum Gasteiger partial charge on any atom is 0.322 e. The number of benzene rings is 2. The number of ether oxygens (including phenoxy) is 1. The molecule has 8 nitrogen and oxygen atoms in total. The van der Waals surface area contributed by atoms with Crippen LogP contribution in [-0.2, 0) is 11.2 Å². The summed E-state index contributed by atoms with van der Waals surface area (Å²) in [5.74, 6) is 0.267. The van der Waals surface area contributed by atoms with Gasteiger partial charge in [0.05, 0.1) is 0 Å². The number of furan rings is 1. The van der Waals surface area contributed by atoms with E-state index in [1.54, 1.807) is 35.2 Å². The lowest BCUT2D eigenvalue weighted by Crippen LogP contribution is -2.58. The van der Waals surface area contributed by atoms with Gasteiger partial charge in [0.1, 0.15) is 11.3 Å². The Morgan fingerprint density at radius 2 is 1.74 bits per heavy atom. The molecule has 0 saturated carbocycles. The number of imide groups is 1. The highest BCUT2D eigenvalue weighted by molar-refractivity contribution is 6.31. The zero-order valence-electron chi connectivity index (χ0n) is 18.8. The van der Waals surface area contributed by atoms with E-state index in [-0.39, 0.29) is 35.9 Å². The molecule has 2 aromatic carbocycles. The molecule has 9 heteroatoms. The lowest BCUT2D eigenvalue weighted by atomic mass is 9.74. The van der Waals surface area contributed by atoms with Crippen molar-refractivity contribution in [2.45, 2.75) is 24.8 Å². The molecular weight excluding hydrogens is 470 g/mol. The minimum atomic E-state index is -1.11. The summed E-state index contributed by atoms with van der Waals surface area (Å²) in [6.07, 6.45) is 1.36. The van der Waals surface area contributed by atoms with Crippen LogP contribution in [0.3, 0.4) is 0 Å². The predicted octanol–water partition coefficient (Wildman–Crippen LogP) is 4.40. The Morgan fingerprint density at radius 3 is 2.43 bits per heavy atom. The molecule has 0 spiro atoms. The summed E-state index contributed by atoms with van der Waals surface area (Å²) >= 11 is 6.36. The van der Waals surface area contributed by atoms with Crippen molar-refractivity contribution in [3.63, 3.8) is 0 Å². The fourth-order valence-corrected chi connectivity index (χ4v) is 5.03. The van der Waals surface area contributed by atoms with E-state index in [4.69, 9.17) is 20.8 Å². The maximum atomic E-state index is 13.0. The number of urea groups is 1. The normalized spacial score (nSPS) is 20.4. The number of para-hydroxylation sites is 1. The van der Waals surface area contributed by atoms with E-state index in [2.05, 4.69) is 10.6 Å². The molecule has 0 aliphatic carbocycles. The Labute approximate surface area is 207 Å². The van der Waals surface area contributed by atoms with Crippen molar-refractivity contribution in [1.82, 2.24) is 15.5 Å². The van der Waals surface area contributed by atoms with Gasteiger partial charge in [0.15, 0.2) is 5.76 Å². The van der Waals surface area contributed by atoms with E-state index in [1.165, 1.54) is 0 Å². The minimum Gasteiger partial charge on any atom is -0.426 e. The van der Waals surface area contributed by atoms with Gasteiger partial charge in [-0.15, -0.1) is 0 Å². The van der Waals surface area contributed by atoms with Gasteiger partial charge >= 0.3 is 6.03 Å². The second-order valence-electron chi connectivity index (χ2n) is 8.75. The number of piperidine rings is 1. The molecule has 0 unspecified atom stereocenters. The summed E-state index contributed by atoms with van der Waals surface area (Å²) in [4.78, 5) is 39.8. The lowest BCUT2D eigenvalue weighted by Gasteiger charge is -2.40. The van der Waals surface area contributed by atoms with Crippen LogP contribution in [0.5, 0.6) is 11.7 Å². The smallest absolute Gasteiger partial charge is 0.322 e. The van der Waals surface area contributed by atoms with Gasteiger partial charge in [0.2, 0.25) is 0 Å². The van der Waals surface area contributed by atoms with E-state index in [0.717, 1.165) is 5.56 Å². The maximum absolute atomic E-state index is 13.0. The Bertz CT molecular complexity index is 1250. The lowest BCUT2D eigenvalue weighted by molar-refractivity contribution is -0.126. The van der Waals surface area contributed by atoms with Gasteiger partial charge in [-0.1, -0.05) is 48.0 Å². The quantitative estimate of drug-likeness (QED) is 0.496. The molecule has 1 atom stereocenters. The van der Waals surface area contributed by atoms with E-state index < -0.39 is 11.6 Å². The van der Waals surface area contributed by atoms with Gasteiger partial charge in [0, 0.05) is 30.6 Å². The van der Waals surface area contributed by atoms with Crippen LogP contribution in [0.4, 0.5) is 4.79 Å². The predicted molar refractivity (Wildman–Crippen MR) is 128 cm³/mol. The summed E-state index contributed by atoms with van der Waals surface area (Å²) in [5, 5.41) is 5.80. The number of halogens is 1. The van der Waals surface area contributed by atoms with Crippen LogP contribution in [0.1, 0.15) is 29.0 Å². The molecule has 0 radical (unpaired) electrons. The van der Waals surface area contributed by atoms with E-state index >= 15 is 0 Å². The number of likely N-dealkylation sites (tertiary alicyclic amines) is 1. The second-order valence-corrected chi connectivity index (χ2v) is 9.16. The molecule has 35 heavy (non-hydrogen) atoms. The molecule has 2 aliphatic heterocycles. The highest BCUT2D eigenvalue weighted by atomic mass is 35.5. The molecule has 3 aromatic rings. The molecular formula is C26H24ClN3O5. The Morgan fingerprint density at radius 1 is 1.03 bits per heavy atom. The van der Waals surface area contributed by atoms with Gasteiger partial charge in [-0.3, -0.25) is 14.9 Å². The average molecular weight is 494 g/mol. The molecule has 2 N–H and O–H groups in total. The highest BCUT2D eigenvalue weighted by Crippen LogP contribution is 2.36. The number of nitrogens with one attached hydrogen (secondary N) is 2. The van der Waals surface area contributed by atoms with Crippen molar-refractivity contribution < 1.29 is 23.5 Å². The first-order valence-electron chi connectivity index (χ1n) is 11.4. The van der Waals surface area contributed by atoms with Crippen LogP contribution in [0.25, 0.3) is 0 Å². The van der Waals surface area contributed by atoms with Crippen molar-refractivity contribution in [1.29, 1.82) is 0 Å². The number of amides is 4. The fourth-order valence-electron chi connectivity index (χ4n) is 4.83. The number of hydrogen-bond acceptors (Lipinski definition) is 5. The number of nitrogens with zero attached hydrogens (tertiary/aromatic N) is 1. The average Bonchev–Trinajstić information content (AvgIpc) is 3.44. The standard InChI is InChI=1S/C26H24ClN3O5/c27-20-9-5-4-6-17(20)16-26(24(32)28-25(33)29-26)18-12-14-30(15-13-18)23(31)21-10-11-22(35-21)34-19-7-2-1-3-8-19/h1-11,18H,12-16H2,(H2,28,29,32,33)/t26-/m1/s1. The number of rotatable bonds is 6. The van der Waals surface area contributed by atoms with Gasteiger partial charge in [-0.25, -0.2) is 4.79 Å². The Kier molecular flexibility index (Phi) is 6.21. The van der Waals surface area contributed by atoms with Crippen molar-refractivity contribution in [2.75, 3.05) is 13.1 Å². The molecule has 2 fully saturated rings. The van der Waals surface area contributed by atoms with Crippen molar-refractivity contribution >= 4 is 29.4 Å². The van der Waals surface area contributed by atoms with E-state index in [0.29, 0.717) is 36.7 Å². The van der Waals surface area contributed by atoms with Crippen LogP contribution < -0.4 is 15.4 Å². The fraction of sp³-hybridized carbons (Fsp3) is 0.269. The molecule has 2 saturated heterocycles. The summed E-state index contributed by atoms with van der Waals surface area (Å²) in [6.45, 7) is 0.846. The highest BCUT2D eigenvalue weighted by Gasteiger charge is 2.52. The van der Waals surface area contributed by atoms with Gasteiger partial charge in [-0.05, 0) is 48.6 Å². The van der Waals surface area contributed by atoms with Gasteiger partial charge in [-0.2, -0.15) is 0 Å². The third kappa shape index (κ3) is 4.61.